The molecule has 0 bridgehead atoms. The quantitative estimate of drug-likeness (QED) is 0.414. The first-order chi connectivity index (χ1) is 10.7. The Balaban J connectivity index is 1.69. The predicted molar refractivity (Wildman–Crippen MR) is 78.5 cm³/mol. The molecule has 4 rings (SSSR count). The number of fused-ring (bicyclic) bond motifs is 4. The maximum absolute atomic E-state index is 12.1. The van der Waals surface area contributed by atoms with Crippen LogP contribution < -0.4 is 0 Å². The van der Waals surface area contributed by atoms with Gasteiger partial charge in [-0.1, -0.05) is 6.58 Å². The van der Waals surface area contributed by atoms with E-state index in [-0.39, 0.29) is 35.3 Å². The fourth-order valence-corrected chi connectivity index (χ4v) is 4.27. The molecule has 7 atom stereocenters. The molecule has 0 aromatic heterocycles. The molecule has 0 radical (unpaired) electrons. The monoisotopic (exact) mass is 322 g/mol. The van der Waals surface area contributed by atoms with Crippen LogP contribution in [0, 0.1) is 5.92 Å². The molecule has 126 valence electrons. The van der Waals surface area contributed by atoms with Gasteiger partial charge < -0.3 is 18.9 Å². The molecule has 3 saturated heterocycles. The molecule has 1 unspecified atom stereocenters. The molecule has 3 heterocycles. The molecule has 4 fully saturated rings. The molecule has 0 aromatic rings. The third-order valence-electron chi connectivity index (χ3n) is 5.76. The molecule has 0 amide bonds. The summed E-state index contributed by atoms with van der Waals surface area (Å²) in [5.41, 5.74) is -0.270. The van der Waals surface area contributed by atoms with Gasteiger partial charge in [-0.25, -0.2) is 4.79 Å². The lowest BCUT2D eigenvalue weighted by Crippen LogP contribution is -2.40. The van der Waals surface area contributed by atoms with Gasteiger partial charge in [0.2, 0.25) is 0 Å². The molecule has 6 nitrogen and oxygen atoms in total. The summed E-state index contributed by atoms with van der Waals surface area (Å²) in [6.45, 7) is 9.31. The van der Waals surface area contributed by atoms with Crippen LogP contribution in [0.4, 0.5) is 0 Å². The molecular formula is C17H22O6. The fourth-order valence-electron chi connectivity index (χ4n) is 4.27. The predicted octanol–water partition coefficient (Wildman–Crippen LogP) is 1.51. The highest BCUT2D eigenvalue weighted by Gasteiger charge is 2.66. The highest BCUT2D eigenvalue weighted by molar-refractivity contribution is 5.91. The average Bonchev–Trinajstić information content (AvgIpc) is 3.27. The van der Waals surface area contributed by atoms with Crippen LogP contribution in [0.25, 0.3) is 0 Å². The minimum absolute atomic E-state index is 0.144. The average molecular weight is 322 g/mol. The van der Waals surface area contributed by atoms with Crippen molar-refractivity contribution in [3.05, 3.63) is 12.2 Å². The zero-order chi connectivity index (χ0) is 16.6. The van der Waals surface area contributed by atoms with Gasteiger partial charge in [0.25, 0.3) is 0 Å². The Hall–Kier alpha value is -1.40. The van der Waals surface area contributed by atoms with Gasteiger partial charge in [-0.05, 0) is 26.7 Å². The number of epoxide rings is 2. The smallest absolute Gasteiger partial charge is 0.334 e. The van der Waals surface area contributed by atoms with E-state index in [2.05, 4.69) is 6.58 Å². The molecular weight excluding hydrogens is 300 g/mol. The molecule has 6 heteroatoms. The van der Waals surface area contributed by atoms with E-state index in [1.54, 1.807) is 0 Å². The molecule has 3 aliphatic heterocycles. The van der Waals surface area contributed by atoms with Crippen molar-refractivity contribution >= 4 is 11.9 Å². The van der Waals surface area contributed by atoms with Gasteiger partial charge in [0.15, 0.2) is 0 Å². The van der Waals surface area contributed by atoms with Crippen molar-refractivity contribution in [1.82, 2.24) is 0 Å². The van der Waals surface area contributed by atoms with Crippen molar-refractivity contribution in [2.45, 2.75) is 75.7 Å². The number of rotatable bonds is 1. The van der Waals surface area contributed by atoms with Crippen LogP contribution >= 0.6 is 0 Å². The molecule has 0 spiro atoms. The SMILES string of the molecule is C=C1C(=O)OC2[C@H]1[C@H](OC(C)=O)C[C@@]1(C)O[C@@H]1CC[C@@]1(C)O[C@@H]21. The highest BCUT2D eigenvalue weighted by Crippen LogP contribution is 2.54. The first-order valence-electron chi connectivity index (χ1n) is 8.16. The second kappa shape index (κ2) is 4.57. The first kappa shape index (κ1) is 15.1. The van der Waals surface area contributed by atoms with Gasteiger partial charge in [0.1, 0.15) is 18.3 Å². The first-order valence-corrected chi connectivity index (χ1v) is 8.16. The van der Waals surface area contributed by atoms with Gasteiger partial charge >= 0.3 is 11.9 Å². The summed E-state index contributed by atoms with van der Waals surface area (Å²) in [6, 6.07) is 0. The molecule has 1 saturated carbocycles. The van der Waals surface area contributed by atoms with E-state index >= 15 is 0 Å². The lowest BCUT2D eigenvalue weighted by Gasteiger charge is -2.28. The largest absolute Gasteiger partial charge is 0.462 e. The Morgan fingerprint density at radius 3 is 2.74 bits per heavy atom. The Labute approximate surface area is 135 Å². The fraction of sp³-hybridized carbons (Fsp3) is 0.765. The van der Waals surface area contributed by atoms with Crippen molar-refractivity contribution in [2.75, 3.05) is 0 Å². The van der Waals surface area contributed by atoms with E-state index in [9.17, 15) is 9.59 Å². The summed E-state index contributed by atoms with van der Waals surface area (Å²) in [4.78, 5) is 23.6. The summed E-state index contributed by atoms with van der Waals surface area (Å²) in [5, 5.41) is 0. The summed E-state index contributed by atoms with van der Waals surface area (Å²) < 4.78 is 22.8. The van der Waals surface area contributed by atoms with Gasteiger partial charge in [-0.2, -0.15) is 0 Å². The van der Waals surface area contributed by atoms with Crippen LogP contribution in [0.2, 0.25) is 0 Å². The van der Waals surface area contributed by atoms with Gasteiger partial charge in [0, 0.05) is 18.9 Å². The van der Waals surface area contributed by atoms with Crippen LogP contribution in [-0.4, -0.2) is 47.6 Å². The maximum atomic E-state index is 12.1. The van der Waals surface area contributed by atoms with Crippen LogP contribution in [-0.2, 0) is 28.5 Å². The highest BCUT2D eigenvalue weighted by atomic mass is 16.7. The van der Waals surface area contributed by atoms with Gasteiger partial charge in [-0.15, -0.1) is 0 Å². The summed E-state index contributed by atoms with van der Waals surface area (Å²) >= 11 is 0. The standard InChI is InChI=1S/C17H22O6/c1-8-12-10(20-9(2)18)7-17(4)11(22-17)5-6-16(3)14(23-16)13(12)21-15(8)19/h10-14H,1,5-7H2,2-4H3/t10-,11-,12-,13?,14+,16-,17-/m1/s1. The zero-order valence-electron chi connectivity index (χ0n) is 13.7. The minimum Gasteiger partial charge on any atom is -0.462 e. The van der Waals surface area contributed by atoms with E-state index in [1.165, 1.54) is 6.92 Å². The maximum Gasteiger partial charge on any atom is 0.334 e. The number of carbonyl (C=O) groups excluding carboxylic acids is 2. The second-order valence-corrected chi connectivity index (χ2v) is 7.58. The summed E-state index contributed by atoms with van der Waals surface area (Å²) in [5.74, 6) is -1.18. The van der Waals surface area contributed by atoms with E-state index < -0.39 is 18.2 Å². The van der Waals surface area contributed by atoms with E-state index in [4.69, 9.17) is 18.9 Å². The number of hydrogen-bond acceptors (Lipinski definition) is 6. The molecule has 23 heavy (non-hydrogen) atoms. The second-order valence-electron chi connectivity index (χ2n) is 7.58. The van der Waals surface area contributed by atoms with E-state index in [0.717, 1.165) is 12.8 Å². The Morgan fingerprint density at radius 2 is 2.04 bits per heavy atom. The topological polar surface area (TPSA) is 77.7 Å². The van der Waals surface area contributed by atoms with E-state index in [0.29, 0.717) is 12.0 Å². The van der Waals surface area contributed by atoms with Crippen LogP contribution in [0.15, 0.2) is 12.2 Å². The summed E-state index contributed by atoms with van der Waals surface area (Å²) in [6.07, 6.45) is 1.34. The number of hydrogen-bond donors (Lipinski definition) is 0. The van der Waals surface area contributed by atoms with Crippen LogP contribution in [0.5, 0.6) is 0 Å². The van der Waals surface area contributed by atoms with Crippen LogP contribution in [0.1, 0.15) is 40.0 Å². The van der Waals surface area contributed by atoms with Crippen molar-refractivity contribution in [2.24, 2.45) is 5.92 Å². The van der Waals surface area contributed by atoms with Crippen molar-refractivity contribution in [3.8, 4) is 0 Å². The van der Waals surface area contributed by atoms with Gasteiger partial charge in [-0.3, -0.25) is 4.79 Å². The lowest BCUT2D eigenvalue weighted by molar-refractivity contribution is -0.151. The Bertz CT molecular complexity index is 600. The molecule has 4 aliphatic rings. The number of esters is 2. The van der Waals surface area contributed by atoms with E-state index in [1.807, 2.05) is 13.8 Å². The van der Waals surface area contributed by atoms with Gasteiger partial charge in [0.05, 0.1) is 23.2 Å². The normalized spacial score (nSPS) is 51.0. The third kappa shape index (κ3) is 2.31. The Kier molecular flexibility index (Phi) is 3.01. The lowest BCUT2D eigenvalue weighted by atomic mass is 9.79. The van der Waals surface area contributed by atoms with Crippen LogP contribution in [0.3, 0.4) is 0 Å². The molecule has 0 N–H and O–H groups in total. The number of carbonyl (C=O) groups is 2. The zero-order valence-corrected chi connectivity index (χ0v) is 13.7. The van der Waals surface area contributed by atoms with Crippen molar-refractivity contribution in [1.29, 1.82) is 0 Å². The molecule has 1 aliphatic carbocycles. The van der Waals surface area contributed by atoms with Crippen molar-refractivity contribution in [3.63, 3.8) is 0 Å². The third-order valence-corrected chi connectivity index (χ3v) is 5.76. The molecule has 0 aromatic carbocycles. The Morgan fingerprint density at radius 1 is 1.30 bits per heavy atom. The minimum atomic E-state index is -0.488. The van der Waals surface area contributed by atoms with Crippen molar-refractivity contribution < 1.29 is 28.5 Å². The summed E-state index contributed by atoms with van der Waals surface area (Å²) in [7, 11) is 0. The number of ether oxygens (including phenoxy) is 4.